The number of primary amides is 1. The van der Waals surface area contributed by atoms with Gasteiger partial charge in [-0.2, -0.15) is 0 Å². The van der Waals surface area contributed by atoms with Crippen LogP contribution in [0.1, 0.15) is 24.8 Å². The van der Waals surface area contributed by atoms with Crippen LogP contribution in [0.3, 0.4) is 0 Å². The quantitative estimate of drug-likeness (QED) is 0.914. The van der Waals surface area contributed by atoms with Crippen molar-refractivity contribution in [1.82, 2.24) is 4.90 Å². The summed E-state index contributed by atoms with van der Waals surface area (Å²) in [5, 5.41) is 0.520. The van der Waals surface area contributed by atoms with Gasteiger partial charge in [0, 0.05) is 23.2 Å². The van der Waals surface area contributed by atoms with Crippen LogP contribution in [-0.2, 0) is 16.0 Å². The SMILES string of the molecule is COc1cccc(Cl)c1CC(=O)N1C[C@H](C(N)=O)[C@H]2CCC[C@H]21. The molecule has 1 aliphatic carbocycles. The lowest BCUT2D eigenvalue weighted by Gasteiger charge is -2.24. The number of fused-ring (bicyclic) bond motifs is 1. The molecule has 1 aromatic rings. The summed E-state index contributed by atoms with van der Waals surface area (Å²) in [6.07, 6.45) is 3.13. The van der Waals surface area contributed by atoms with E-state index < -0.39 is 0 Å². The summed E-state index contributed by atoms with van der Waals surface area (Å²) in [7, 11) is 1.56. The van der Waals surface area contributed by atoms with E-state index in [0.717, 1.165) is 19.3 Å². The number of benzene rings is 1. The fraction of sp³-hybridized carbons (Fsp3) is 0.529. The average Bonchev–Trinajstić information content (AvgIpc) is 3.10. The zero-order valence-corrected chi connectivity index (χ0v) is 13.9. The van der Waals surface area contributed by atoms with E-state index in [-0.39, 0.29) is 36.1 Å². The summed E-state index contributed by atoms with van der Waals surface area (Å²) < 4.78 is 5.31. The van der Waals surface area contributed by atoms with Crippen molar-refractivity contribution in [3.8, 4) is 5.75 Å². The summed E-state index contributed by atoms with van der Waals surface area (Å²) in [6, 6.07) is 5.47. The number of carbonyl (C=O) groups is 2. The Morgan fingerprint density at radius 3 is 2.87 bits per heavy atom. The molecule has 0 bridgehead atoms. The van der Waals surface area contributed by atoms with E-state index in [9.17, 15) is 9.59 Å². The first-order chi connectivity index (χ1) is 11.0. The fourth-order valence-corrected chi connectivity index (χ4v) is 4.28. The van der Waals surface area contributed by atoms with Crippen molar-refractivity contribution < 1.29 is 14.3 Å². The molecule has 124 valence electrons. The highest BCUT2D eigenvalue weighted by Crippen LogP contribution is 2.42. The van der Waals surface area contributed by atoms with Crippen LogP contribution in [0.5, 0.6) is 5.75 Å². The molecule has 1 aromatic carbocycles. The Kier molecular flexibility index (Phi) is 4.48. The lowest BCUT2D eigenvalue weighted by molar-refractivity contribution is -0.131. The number of amides is 2. The minimum atomic E-state index is -0.299. The van der Waals surface area contributed by atoms with Gasteiger partial charge in [0.25, 0.3) is 0 Å². The molecule has 0 radical (unpaired) electrons. The first kappa shape index (κ1) is 16.1. The first-order valence-electron chi connectivity index (χ1n) is 7.93. The van der Waals surface area contributed by atoms with Crippen LogP contribution in [0, 0.1) is 11.8 Å². The Morgan fingerprint density at radius 2 is 2.17 bits per heavy atom. The standard InChI is InChI=1S/C17H21ClN2O3/c1-23-15-7-3-5-13(18)11(15)8-16(21)20-9-12(17(19)22)10-4-2-6-14(10)20/h3,5,7,10,12,14H,2,4,6,8-9H2,1H3,(H2,19,22)/t10-,12+,14-/m1/s1. The van der Waals surface area contributed by atoms with E-state index in [2.05, 4.69) is 0 Å². The van der Waals surface area contributed by atoms with Gasteiger partial charge in [-0.3, -0.25) is 9.59 Å². The van der Waals surface area contributed by atoms with Crippen LogP contribution in [0.2, 0.25) is 5.02 Å². The zero-order valence-electron chi connectivity index (χ0n) is 13.1. The number of nitrogens with zero attached hydrogens (tertiary/aromatic N) is 1. The number of hydrogen-bond acceptors (Lipinski definition) is 3. The van der Waals surface area contributed by atoms with E-state index in [1.54, 1.807) is 25.3 Å². The lowest BCUT2D eigenvalue weighted by Crippen LogP contribution is -2.37. The minimum absolute atomic E-state index is 0.0166. The monoisotopic (exact) mass is 336 g/mol. The van der Waals surface area contributed by atoms with Gasteiger partial charge in [-0.05, 0) is 30.9 Å². The third-order valence-electron chi connectivity index (χ3n) is 5.15. The average molecular weight is 337 g/mol. The second-order valence-electron chi connectivity index (χ2n) is 6.31. The smallest absolute Gasteiger partial charge is 0.227 e. The Balaban J connectivity index is 1.80. The van der Waals surface area contributed by atoms with E-state index in [0.29, 0.717) is 22.9 Å². The van der Waals surface area contributed by atoms with Crippen LogP contribution >= 0.6 is 11.6 Å². The van der Waals surface area contributed by atoms with Crippen LogP contribution < -0.4 is 10.5 Å². The van der Waals surface area contributed by atoms with E-state index in [1.165, 1.54) is 0 Å². The number of nitrogens with two attached hydrogens (primary N) is 1. The minimum Gasteiger partial charge on any atom is -0.496 e. The molecular formula is C17H21ClN2O3. The number of hydrogen-bond donors (Lipinski definition) is 1. The molecular weight excluding hydrogens is 316 g/mol. The van der Waals surface area contributed by atoms with Gasteiger partial charge in [0.2, 0.25) is 11.8 Å². The molecule has 1 saturated carbocycles. The third-order valence-corrected chi connectivity index (χ3v) is 5.51. The van der Waals surface area contributed by atoms with Gasteiger partial charge in [0.1, 0.15) is 5.75 Å². The van der Waals surface area contributed by atoms with Crippen molar-refractivity contribution >= 4 is 23.4 Å². The molecule has 2 N–H and O–H groups in total. The van der Waals surface area contributed by atoms with Crippen LogP contribution in [0.25, 0.3) is 0 Å². The van der Waals surface area contributed by atoms with Crippen molar-refractivity contribution in [2.75, 3.05) is 13.7 Å². The van der Waals surface area contributed by atoms with E-state index in [1.807, 2.05) is 4.90 Å². The Morgan fingerprint density at radius 1 is 1.39 bits per heavy atom. The Labute approximate surface area is 140 Å². The molecule has 0 spiro atoms. The molecule has 0 unspecified atom stereocenters. The highest BCUT2D eigenvalue weighted by molar-refractivity contribution is 6.31. The number of ether oxygens (including phenoxy) is 1. The highest BCUT2D eigenvalue weighted by atomic mass is 35.5. The molecule has 6 heteroatoms. The van der Waals surface area contributed by atoms with E-state index >= 15 is 0 Å². The summed E-state index contributed by atoms with van der Waals surface area (Å²) >= 11 is 6.22. The molecule has 5 nitrogen and oxygen atoms in total. The van der Waals surface area contributed by atoms with Crippen LogP contribution in [-0.4, -0.2) is 36.4 Å². The van der Waals surface area contributed by atoms with Crippen molar-refractivity contribution in [2.45, 2.75) is 31.7 Å². The summed E-state index contributed by atoms with van der Waals surface area (Å²) in [4.78, 5) is 26.3. The maximum absolute atomic E-state index is 12.8. The predicted octanol–water partition coefficient (Wildman–Crippen LogP) is 2.00. The lowest BCUT2D eigenvalue weighted by atomic mass is 9.92. The second-order valence-corrected chi connectivity index (χ2v) is 6.72. The topological polar surface area (TPSA) is 72.6 Å². The Bertz CT molecular complexity index is 634. The van der Waals surface area contributed by atoms with Crippen molar-refractivity contribution in [2.24, 2.45) is 17.6 Å². The zero-order chi connectivity index (χ0) is 16.6. The van der Waals surface area contributed by atoms with Crippen molar-refractivity contribution in [1.29, 1.82) is 0 Å². The maximum atomic E-state index is 12.8. The summed E-state index contributed by atoms with van der Waals surface area (Å²) in [5.41, 5.74) is 6.21. The molecule has 0 aromatic heterocycles. The second kappa shape index (κ2) is 6.40. The normalized spacial score (nSPS) is 26.2. The highest BCUT2D eigenvalue weighted by Gasteiger charge is 2.48. The van der Waals surface area contributed by atoms with E-state index in [4.69, 9.17) is 22.1 Å². The van der Waals surface area contributed by atoms with Crippen molar-refractivity contribution in [3.63, 3.8) is 0 Å². The molecule has 3 atom stereocenters. The van der Waals surface area contributed by atoms with Crippen molar-refractivity contribution in [3.05, 3.63) is 28.8 Å². The molecule has 2 aliphatic rings. The van der Waals surface area contributed by atoms with Gasteiger partial charge in [0.05, 0.1) is 19.4 Å². The molecule has 2 amide bonds. The van der Waals surface area contributed by atoms with Gasteiger partial charge >= 0.3 is 0 Å². The fourth-order valence-electron chi connectivity index (χ4n) is 4.05. The summed E-state index contributed by atoms with van der Waals surface area (Å²) in [5.74, 6) is 0.285. The third kappa shape index (κ3) is 2.90. The largest absolute Gasteiger partial charge is 0.496 e. The number of carbonyl (C=O) groups excluding carboxylic acids is 2. The van der Waals surface area contributed by atoms with Gasteiger partial charge < -0.3 is 15.4 Å². The van der Waals surface area contributed by atoms with Gasteiger partial charge in [-0.25, -0.2) is 0 Å². The predicted molar refractivity (Wildman–Crippen MR) is 87.2 cm³/mol. The number of likely N-dealkylation sites (tertiary alicyclic amines) is 1. The maximum Gasteiger partial charge on any atom is 0.227 e. The molecule has 1 saturated heterocycles. The number of methoxy groups -OCH3 is 1. The van der Waals surface area contributed by atoms with Gasteiger partial charge in [-0.15, -0.1) is 0 Å². The number of rotatable bonds is 4. The molecule has 23 heavy (non-hydrogen) atoms. The van der Waals surface area contributed by atoms with Gasteiger partial charge in [0.15, 0.2) is 0 Å². The van der Waals surface area contributed by atoms with Crippen LogP contribution in [0.4, 0.5) is 0 Å². The number of halogens is 1. The van der Waals surface area contributed by atoms with Crippen LogP contribution in [0.15, 0.2) is 18.2 Å². The molecule has 3 rings (SSSR count). The first-order valence-corrected chi connectivity index (χ1v) is 8.31. The summed E-state index contributed by atoms with van der Waals surface area (Å²) in [6.45, 7) is 0.427. The molecule has 1 aliphatic heterocycles. The Hall–Kier alpha value is -1.75. The molecule has 2 fully saturated rings. The molecule has 1 heterocycles. The van der Waals surface area contributed by atoms with Gasteiger partial charge in [-0.1, -0.05) is 24.1 Å².